The fourth-order valence-corrected chi connectivity index (χ4v) is 2.17. The molecule has 16 heavy (non-hydrogen) atoms. The zero-order valence-corrected chi connectivity index (χ0v) is 10.2. The average molecular weight is 220 g/mol. The van der Waals surface area contributed by atoms with Crippen molar-refractivity contribution in [1.82, 2.24) is 0 Å². The van der Waals surface area contributed by atoms with Crippen molar-refractivity contribution in [3.05, 3.63) is 23.8 Å². The maximum absolute atomic E-state index is 5.86. The van der Waals surface area contributed by atoms with Crippen molar-refractivity contribution in [3.63, 3.8) is 0 Å². The number of ether oxygens (including phenoxy) is 1. The second kappa shape index (κ2) is 4.34. The molecule has 1 aromatic carbocycles. The average Bonchev–Trinajstić information content (AvgIpc) is 2.25. The molecule has 1 aliphatic rings. The van der Waals surface area contributed by atoms with Crippen LogP contribution in [0, 0.1) is 6.92 Å². The lowest BCUT2D eigenvalue weighted by atomic mass is 10.1. The van der Waals surface area contributed by atoms with Crippen molar-refractivity contribution in [3.8, 4) is 0 Å². The molecule has 2 atom stereocenters. The van der Waals surface area contributed by atoms with E-state index >= 15 is 0 Å². The summed E-state index contributed by atoms with van der Waals surface area (Å²) >= 11 is 0. The largest absolute Gasteiger partial charge is 0.399 e. The third-order valence-electron chi connectivity index (χ3n) is 3.15. The Kier molecular flexibility index (Phi) is 3.06. The molecule has 2 unspecified atom stereocenters. The number of nitrogen functional groups attached to an aromatic ring is 1. The van der Waals surface area contributed by atoms with E-state index in [9.17, 15) is 0 Å². The van der Waals surface area contributed by atoms with Crippen LogP contribution in [0.3, 0.4) is 0 Å². The number of benzene rings is 1. The van der Waals surface area contributed by atoms with Crippen molar-refractivity contribution in [2.75, 3.05) is 23.8 Å². The normalized spacial score (nSPS) is 25.8. The minimum Gasteiger partial charge on any atom is -0.399 e. The topological polar surface area (TPSA) is 38.5 Å². The van der Waals surface area contributed by atoms with Gasteiger partial charge in [-0.25, -0.2) is 0 Å². The highest BCUT2D eigenvalue weighted by molar-refractivity contribution is 5.61. The summed E-state index contributed by atoms with van der Waals surface area (Å²) in [5.41, 5.74) is 9.19. The molecular weight excluding hydrogens is 200 g/mol. The van der Waals surface area contributed by atoms with Gasteiger partial charge in [0.15, 0.2) is 0 Å². The van der Waals surface area contributed by atoms with Crippen molar-refractivity contribution in [2.24, 2.45) is 0 Å². The lowest BCUT2D eigenvalue weighted by Crippen LogP contribution is -2.47. The van der Waals surface area contributed by atoms with Crippen molar-refractivity contribution in [1.29, 1.82) is 0 Å². The summed E-state index contributed by atoms with van der Waals surface area (Å²) < 4.78 is 5.64. The van der Waals surface area contributed by atoms with Crippen molar-refractivity contribution < 1.29 is 4.74 Å². The van der Waals surface area contributed by atoms with Gasteiger partial charge < -0.3 is 15.4 Å². The van der Waals surface area contributed by atoms with Crippen LogP contribution in [0.4, 0.5) is 11.4 Å². The van der Waals surface area contributed by atoms with E-state index in [4.69, 9.17) is 10.5 Å². The molecule has 0 aliphatic carbocycles. The van der Waals surface area contributed by atoms with Gasteiger partial charge in [-0.05, 0) is 38.5 Å². The number of hydrogen-bond donors (Lipinski definition) is 1. The second-order valence-electron chi connectivity index (χ2n) is 4.69. The number of rotatable bonds is 1. The molecule has 3 heteroatoms. The van der Waals surface area contributed by atoms with Gasteiger partial charge in [-0.3, -0.25) is 0 Å². The van der Waals surface area contributed by atoms with Gasteiger partial charge in [0.05, 0.1) is 12.7 Å². The Labute approximate surface area is 97.2 Å². The van der Waals surface area contributed by atoms with E-state index in [-0.39, 0.29) is 6.10 Å². The standard InChI is InChI=1S/C13H20N2O/c1-9-4-5-12(14)6-13(9)15-7-11(3)16-8-10(15)2/h4-6,10-11H,7-8,14H2,1-3H3. The number of nitrogens with two attached hydrogens (primary N) is 1. The first-order valence-corrected chi connectivity index (χ1v) is 5.82. The Balaban J connectivity index is 2.30. The summed E-state index contributed by atoms with van der Waals surface area (Å²) in [6.45, 7) is 8.15. The van der Waals surface area contributed by atoms with E-state index in [0.29, 0.717) is 6.04 Å². The number of nitrogens with zero attached hydrogens (tertiary/aromatic N) is 1. The van der Waals surface area contributed by atoms with Crippen LogP contribution in [0.1, 0.15) is 19.4 Å². The zero-order valence-electron chi connectivity index (χ0n) is 10.2. The fourth-order valence-electron chi connectivity index (χ4n) is 2.17. The maximum atomic E-state index is 5.86. The number of morpholine rings is 1. The maximum Gasteiger partial charge on any atom is 0.0723 e. The van der Waals surface area contributed by atoms with E-state index in [1.165, 1.54) is 11.3 Å². The highest BCUT2D eigenvalue weighted by Crippen LogP contribution is 2.27. The van der Waals surface area contributed by atoms with Gasteiger partial charge in [0.2, 0.25) is 0 Å². The molecule has 0 aromatic heterocycles. The number of aryl methyl sites for hydroxylation is 1. The van der Waals surface area contributed by atoms with Gasteiger partial charge >= 0.3 is 0 Å². The third kappa shape index (κ3) is 2.14. The molecule has 2 rings (SSSR count). The second-order valence-corrected chi connectivity index (χ2v) is 4.69. The molecule has 2 N–H and O–H groups in total. The van der Waals surface area contributed by atoms with E-state index in [2.05, 4.69) is 37.8 Å². The van der Waals surface area contributed by atoms with Crippen LogP contribution in [0.25, 0.3) is 0 Å². The molecule has 0 radical (unpaired) electrons. The number of hydrogen-bond acceptors (Lipinski definition) is 3. The third-order valence-corrected chi connectivity index (χ3v) is 3.15. The van der Waals surface area contributed by atoms with Gasteiger partial charge in [0.25, 0.3) is 0 Å². The predicted molar refractivity (Wildman–Crippen MR) is 67.8 cm³/mol. The van der Waals surface area contributed by atoms with Gasteiger partial charge in [-0.15, -0.1) is 0 Å². The van der Waals surface area contributed by atoms with Gasteiger partial charge in [0.1, 0.15) is 0 Å². The van der Waals surface area contributed by atoms with Crippen LogP contribution < -0.4 is 10.6 Å². The lowest BCUT2D eigenvalue weighted by molar-refractivity contribution is 0.0343. The highest BCUT2D eigenvalue weighted by Gasteiger charge is 2.24. The smallest absolute Gasteiger partial charge is 0.0723 e. The molecule has 1 fully saturated rings. The van der Waals surface area contributed by atoms with Crippen LogP contribution in [0.2, 0.25) is 0 Å². The molecule has 88 valence electrons. The van der Waals surface area contributed by atoms with Crippen LogP contribution in [0.15, 0.2) is 18.2 Å². The molecule has 0 amide bonds. The zero-order chi connectivity index (χ0) is 11.7. The summed E-state index contributed by atoms with van der Waals surface area (Å²) in [7, 11) is 0. The van der Waals surface area contributed by atoms with E-state index in [1.807, 2.05) is 6.07 Å². The summed E-state index contributed by atoms with van der Waals surface area (Å²) in [5.74, 6) is 0. The Bertz CT molecular complexity index is 378. The summed E-state index contributed by atoms with van der Waals surface area (Å²) in [6, 6.07) is 6.51. The van der Waals surface area contributed by atoms with Crippen LogP contribution in [0.5, 0.6) is 0 Å². The molecule has 1 aromatic rings. The molecule has 1 aliphatic heterocycles. The fraction of sp³-hybridized carbons (Fsp3) is 0.538. The highest BCUT2D eigenvalue weighted by atomic mass is 16.5. The molecule has 0 bridgehead atoms. The molecule has 1 heterocycles. The van der Waals surface area contributed by atoms with Gasteiger partial charge in [-0.1, -0.05) is 6.07 Å². The molecule has 0 spiro atoms. The van der Waals surface area contributed by atoms with Crippen LogP contribution in [-0.4, -0.2) is 25.3 Å². The van der Waals surface area contributed by atoms with Crippen LogP contribution in [-0.2, 0) is 4.74 Å². The minimum atomic E-state index is 0.289. The van der Waals surface area contributed by atoms with Crippen molar-refractivity contribution in [2.45, 2.75) is 32.9 Å². The van der Waals surface area contributed by atoms with Gasteiger partial charge in [-0.2, -0.15) is 0 Å². The predicted octanol–water partition coefficient (Wildman–Crippen LogP) is 2.19. The SMILES string of the molecule is Cc1ccc(N)cc1N1CC(C)OCC1C. The Hall–Kier alpha value is -1.22. The Morgan fingerprint density at radius 1 is 1.38 bits per heavy atom. The lowest BCUT2D eigenvalue weighted by Gasteiger charge is -2.39. The van der Waals surface area contributed by atoms with Gasteiger partial charge in [0, 0.05) is 24.0 Å². The Morgan fingerprint density at radius 3 is 2.88 bits per heavy atom. The molecule has 0 saturated carbocycles. The van der Waals surface area contributed by atoms with E-state index in [1.54, 1.807) is 0 Å². The first-order chi connectivity index (χ1) is 7.58. The number of anilines is 2. The Morgan fingerprint density at radius 2 is 2.12 bits per heavy atom. The van der Waals surface area contributed by atoms with Crippen molar-refractivity contribution >= 4 is 11.4 Å². The molecular formula is C13H20N2O. The van der Waals surface area contributed by atoms with Crippen LogP contribution >= 0.6 is 0 Å². The summed E-state index contributed by atoms with van der Waals surface area (Å²) in [5, 5.41) is 0. The minimum absolute atomic E-state index is 0.289. The first kappa shape index (κ1) is 11.3. The van der Waals surface area contributed by atoms with E-state index in [0.717, 1.165) is 18.8 Å². The molecule has 3 nitrogen and oxygen atoms in total. The molecule has 1 saturated heterocycles. The summed E-state index contributed by atoms with van der Waals surface area (Å²) in [6.07, 6.45) is 0.289. The first-order valence-electron chi connectivity index (χ1n) is 5.82. The monoisotopic (exact) mass is 220 g/mol. The quantitative estimate of drug-likeness (QED) is 0.737. The summed E-state index contributed by atoms with van der Waals surface area (Å²) in [4.78, 5) is 2.39. The van der Waals surface area contributed by atoms with E-state index < -0.39 is 0 Å².